The average molecular weight is 432 g/mol. The van der Waals surface area contributed by atoms with Crippen molar-refractivity contribution in [3.8, 4) is 11.5 Å². The Morgan fingerprint density at radius 1 is 1.27 bits per heavy atom. The van der Waals surface area contributed by atoms with Crippen LogP contribution in [0.4, 0.5) is 0 Å². The molecule has 9 heteroatoms. The molecule has 160 valence electrons. The number of carbonyl (C=O) groups excluding carboxylic acids is 1. The van der Waals surface area contributed by atoms with Crippen LogP contribution in [0.15, 0.2) is 52.5 Å². The second-order valence-corrected chi connectivity index (χ2v) is 9.09. The lowest BCUT2D eigenvalue weighted by atomic mass is 9.99. The number of carbonyl (C=O) groups is 1. The predicted molar refractivity (Wildman–Crippen MR) is 113 cm³/mol. The second kappa shape index (κ2) is 9.27. The molecule has 1 atom stereocenters. The Balaban J connectivity index is 1.65. The van der Waals surface area contributed by atoms with Crippen molar-refractivity contribution in [1.82, 2.24) is 9.73 Å². The summed E-state index contributed by atoms with van der Waals surface area (Å²) in [7, 11) is -2.21. The Bertz CT molecular complexity index is 1040. The molecule has 2 aromatic carbocycles. The first-order chi connectivity index (χ1) is 14.3. The van der Waals surface area contributed by atoms with Crippen LogP contribution in [-0.4, -0.2) is 50.2 Å². The van der Waals surface area contributed by atoms with Crippen LogP contribution >= 0.6 is 0 Å². The van der Waals surface area contributed by atoms with Crippen molar-refractivity contribution in [2.24, 2.45) is 11.0 Å². The van der Waals surface area contributed by atoms with Crippen LogP contribution in [0.25, 0.3) is 0 Å². The molecule has 2 N–H and O–H groups in total. The normalized spacial score (nSPS) is 17.7. The molecule has 0 radical (unpaired) electrons. The van der Waals surface area contributed by atoms with Gasteiger partial charge in [0, 0.05) is 18.7 Å². The summed E-state index contributed by atoms with van der Waals surface area (Å²) in [5.41, 5.74) is 3.81. The number of sulfonamides is 1. The number of rotatable bonds is 6. The topological polar surface area (TPSA) is 108 Å². The van der Waals surface area contributed by atoms with E-state index in [-0.39, 0.29) is 23.1 Å². The summed E-state index contributed by atoms with van der Waals surface area (Å²) in [6.45, 7) is 2.37. The highest BCUT2D eigenvalue weighted by Gasteiger charge is 2.33. The van der Waals surface area contributed by atoms with Gasteiger partial charge in [-0.1, -0.05) is 23.8 Å². The fourth-order valence-corrected chi connectivity index (χ4v) is 4.82. The molecule has 1 saturated heterocycles. The monoisotopic (exact) mass is 431 g/mol. The number of benzene rings is 2. The van der Waals surface area contributed by atoms with Gasteiger partial charge in [0.2, 0.25) is 15.9 Å². The maximum atomic E-state index is 12.9. The Hall–Kier alpha value is -2.91. The van der Waals surface area contributed by atoms with Crippen LogP contribution in [0.5, 0.6) is 11.5 Å². The van der Waals surface area contributed by atoms with E-state index in [4.69, 9.17) is 4.74 Å². The molecule has 30 heavy (non-hydrogen) atoms. The van der Waals surface area contributed by atoms with Gasteiger partial charge >= 0.3 is 0 Å². The number of piperidine rings is 1. The van der Waals surface area contributed by atoms with Gasteiger partial charge in [-0.05, 0) is 44.0 Å². The van der Waals surface area contributed by atoms with Crippen LogP contribution in [0.2, 0.25) is 0 Å². The quantitative estimate of drug-likeness (QED) is 0.539. The summed E-state index contributed by atoms with van der Waals surface area (Å²) < 4.78 is 32.2. The number of para-hydroxylation sites is 1. The molecule has 1 fully saturated rings. The zero-order valence-corrected chi connectivity index (χ0v) is 17.7. The molecule has 8 nitrogen and oxygen atoms in total. The highest BCUT2D eigenvalue weighted by molar-refractivity contribution is 7.89. The maximum Gasteiger partial charge on any atom is 0.244 e. The highest BCUT2D eigenvalue weighted by atomic mass is 32.2. The summed E-state index contributed by atoms with van der Waals surface area (Å²) in [5, 5.41) is 14.0. The molecule has 3 rings (SSSR count). The number of phenols is 1. The number of amides is 1. The summed E-state index contributed by atoms with van der Waals surface area (Å²) in [5.74, 6) is -0.645. The first-order valence-corrected chi connectivity index (χ1v) is 11.0. The molecule has 0 aliphatic carbocycles. The fraction of sp³-hybridized carbons (Fsp3) is 0.333. The number of hydrogen-bond donors (Lipinski definition) is 2. The number of hydrogen-bond acceptors (Lipinski definition) is 6. The molecular formula is C21H25N3O5S. The third-order valence-electron chi connectivity index (χ3n) is 5.04. The minimum atomic E-state index is -3.65. The number of hydrazone groups is 1. The number of aromatic hydroxyl groups is 1. The molecule has 0 spiro atoms. The van der Waals surface area contributed by atoms with Crippen LogP contribution in [0.3, 0.4) is 0 Å². The number of methoxy groups -OCH3 is 1. The SMILES string of the molecule is COc1cccc(/C=N/NC(=O)[C@@H]2CCCN(S(=O)(=O)c3ccc(C)cc3)C2)c1O. The van der Waals surface area contributed by atoms with Gasteiger partial charge in [-0.15, -0.1) is 0 Å². The summed E-state index contributed by atoms with van der Waals surface area (Å²) in [4.78, 5) is 12.7. The Morgan fingerprint density at radius 2 is 2.00 bits per heavy atom. The maximum absolute atomic E-state index is 12.9. The van der Waals surface area contributed by atoms with Crippen LogP contribution in [0.1, 0.15) is 24.0 Å². The van der Waals surface area contributed by atoms with Crippen molar-refractivity contribution >= 4 is 22.1 Å². The minimum Gasteiger partial charge on any atom is -0.504 e. The van der Waals surface area contributed by atoms with Gasteiger partial charge in [-0.2, -0.15) is 9.41 Å². The van der Waals surface area contributed by atoms with Crippen molar-refractivity contribution in [3.05, 3.63) is 53.6 Å². The van der Waals surface area contributed by atoms with Gasteiger partial charge in [0.25, 0.3) is 0 Å². The molecule has 1 amide bonds. The van der Waals surface area contributed by atoms with E-state index in [0.717, 1.165) is 5.56 Å². The number of aryl methyl sites for hydroxylation is 1. The van der Waals surface area contributed by atoms with E-state index in [2.05, 4.69) is 10.5 Å². The van der Waals surface area contributed by atoms with E-state index in [0.29, 0.717) is 30.7 Å². The molecule has 0 bridgehead atoms. The lowest BCUT2D eigenvalue weighted by Crippen LogP contribution is -2.44. The van der Waals surface area contributed by atoms with Crippen molar-refractivity contribution in [2.75, 3.05) is 20.2 Å². The molecule has 0 aromatic heterocycles. The Labute approximate surface area is 176 Å². The van der Waals surface area contributed by atoms with Crippen LogP contribution in [-0.2, 0) is 14.8 Å². The molecule has 0 saturated carbocycles. The van der Waals surface area contributed by atoms with Crippen molar-refractivity contribution in [2.45, 2.75) is 24.7 Å². The van der Waals surface area contributed by atoms with E-state index in [1.54, 1.807) is 42.5 Å². The Kier molecular flexibility index (Phi) is 6.73. The van der Waals surface area contributed by atoms with Gasteiger partial charge in [0.05, 0.1) is 24.1 Å². The lowest BCUT2D eigenvalue weighted by Gasteiger charge is -2.30. The van der Waals surface area contributed by atoms with Crippen molar-refractivity contribution < 1.29 is 23.1 Å². The van der Waals surface area contributed by atoms with E-state index in [1.165, 1.54) is 17.6 Å². The number of ether oxygens (including phenoxy) is 1. The third-order valence-corrected chi connectivity index (χ3v) is 6.92. The smallest absolute Gasteiger partial charge is 0.244 e. The second-order valence-electron chi connectivity index (χ2n) is 7.15. The third kappa shape index (κ3) is 4.80. The van der Waals surface area contributed by atoms with Crippen molar-refractivity contribution in [1.29, 1.82) is 0 Å². The van der Waals surface area contributed by atoms with Gasteiger partial charge in [0.15, 0.2) is 11.5 Å². The van der Waals surface area contributed by atoms with Crippen molar-refractivity contribution in [3.63, 3.8) is 0 Å². The van der Waals surface area contributed by atoms with Crippen LogP contribution < -0.4 is 10.2 Å². The van der Waals surface area contributed by atoms with Gasteiger partial charge < -0.3 is 9.84 Å². The summed E-state index contributed by atoms with van der Waals surface area (Å²) >= 11 is 0. The fourth-order valence-electron chi connectivity index (χ4n) is 3.30. The number of nitrogens with one attached hydrogen (secondary N) is 1. The lowest BCUT2D eigenvalue weighted by molar-refractivity contribution is -0.126. The largest absolute Gasteiger partial charge is 0.504 e. The predicted octanol–water partition coefficient (Wildman–Crippen LogP) is 2.26. The molecule has 1 aliphatic rings. The van der Waals surface area contributed by atoms with Gasteiger partial charge in [-0.25, -0.2) is 13.8 Å². The molecule has 2 aromatic rings. The van der Waals surface area contributed by atoms with E-state index in [1.807, 2.05) is 6.92 Å². The molecular weight excluding hydrogens is 406 g/mol. The van der Waals surface area contributed by atoms with Gasteiger partial charge in [0.1, 0.15) is 0 Å². The summed E-state index contributed by atoms with van der Waals surface area (Å²) in [6.07, 6.45) is 2.48. The average Bonchev–Trinajstić information content (AvgIpc) is 2.75. The zero-order valence-electron chi connectivity index (χ0n) is 16.9. The van der Waals surface area contributed by atoms with E-state index < -0.39 is 15.9 Å². The first kappa shape index (κ1) is 21.8. The molecule has 1 aliphatic heterocycles. The zero-order chi connectivity index (χ0) is 21.7. The first-order valence-electron chi connectivity index (χ1n) is 9.58. The number of phenolic OH excluding ortho intramolecular Hbond substituents is 1. The summed E-state index contributed by atoms with van der Waals surface area (Å²) in [6, 6.07) is 11.6. The standard InChI is InChI=1S/C21H25N3O5S/c1-15-8-10-18(11-9-15)30(27,28)24-12-4-6-17(14-24)21(26)23-22-13-16-5-3-7-19(29-2)20(16)25/h3,5,7-11,13,17,25H,4,6,12,14H2,1-2H3,(H,23,26)/b22-13+/t17-/m1/s1. The molecule has 0 unspecified atom stereocenters. The van der Waals surface area contributed by atoms with E-state index in [9.17, 15) is 18.3 Å². The van der Waals surface area contributed by atoms with Crippen LogP contribution in [0, 0.1) is 12.8 Å². The highest BCUT2D eigenvalue weighted by Crippen LogP contribution is 2.28. The molecule has 1 heterocycles. The van der Waals surface area contributed by atoms with Gasteiger partial charge in [-0.3, -0.25) is 4.79 Å². The number of nitrogens with zero attached hydrogens (tertiary/aromatic N) is 2. The van der Waals surface area contributed by atoms with E-state index >= 15 is 0 Å². The minimum absolute atomic E-state index is 0.0777. The Morgan fingerprint density at radius 3 is 2.70 bits per heavy atom.